The molecular formula is C18H16N2O3. The standard InChI is InChI=1S/C18H16N2O3/c1-20-16-9-8-14(23-2)10-13(16)11-15(18(20)22)19-17(21)12-6-4-3-5-7-12/h3-11H,1-2H3,(H,19,21). The fourth-order valence-corrected chi connectivity index (χ4v) is 2.46. The van der Waals surface area contributed by atoms with Gasteiger partial charge in [0.05, 0.1) is 12.6 Å². The van der Waals surface area contributed by atoms with Crippen LogP contribution in [0.15, 0.2) is 59.4 Å². The number of ether oxygens (including phenoxy) is 1. The number of aryl methyl sites for hydroxylation is 1. The molecule has 23 heavy (non-hydrogen) atoms. The van der Waals surface area contributed by atoms with Crippen molar-refractivity contribution in [3.8, 4) is 5.75 Å². The van der Waals surface area contributed by atoms with E-state index in [1.54, 1.807) is 50.6 Å². The molecule has 0 atom stereocenters. The Morgan fingerprint density at radius 1 is 1.09 bits per heavy atom. The third kappa shape index (κ3) is 2.81. The van der Waals surface area contributed by atoms with Crippen molar-refractivity contribution in [3.63, 3.8) is 0 Å². The zero-order valence-electron chi connectivity index (χ0n) is 12.9. The summed E-state index contributed by atoms with van der Waals surface area (Å²) in [5.74, 6) is 0.376. The third-order valence-electron chi connectivity index (χ3n) is 3.72. The van der Waals surface area contributed by atoms with E-state index in [1.165, 1.54) is 4.57 Å². The molecule has 0 aliphatic heterocycles. The number of anilines is 1. The molecule has 1 aromatic heterocycles. The maximum atomic E-state index is 12.4. The predicted molar refractivity (Wildman–Crippen MR) is 90.1 cm³/mol. The van der Waals surface area contributed by atoms with E-state index < -0.39 is 0 Å². The van der Waals surface area contributed by atoms with E-state index in [2.05, 4.69) is 5.32 Å². The summed E-state index contributed by atoms with van der Waals surface area (Å²) < 4.78 is 6.72. The second-order valence-electron chi connectivity index (χ2n) is 5.17. The molecule has 0 radical (unpaired) electrons. The van der Waals surface area contributed by atoms with E-state index >= 15 is 0 Å². The molecule has 0 saturated carbocycles. The number of hydrogen-bond donors (Lipinski definition) is 1. The Kier molecular flexibility index (Phi) is 3.85. The second kappa shape index (κ2) is 5.96. The molecule has 116 valence electrons. The van der Waals surface area contributed by atoms with Gasteiger partial charge in [-0.3, -0.25) is 9.59 Å². The smallest absolute Gasteiger partial charge is 0.274 e. The van der Waals surface area contributed by atoms with Gasteiger partial charge in [-0.1, -0.05) is 18.2 Å². The fraction of sp³-hybridized carbons (Fsp3) is 0.111. The normalized spacial score (nSPS) is 10.5. The number of carbonyl (C=O) groups is 1. The van der Waals surface area contributed by atoms with Crippen LogP contribution in [-0.2, 0) is 7.05 Å². The van der Waals surface area contributed by atoms with Crippen molar-refractivity contribution >= 4 is 22.5 Å². The fourth-order valence-electron chi connectivity index (χ4n) is 2.46. The highest BCUT2D eigenvalue weighted by molar-refractivity contribution is 6.04. The van der Waals surface area contributed by atoms with Crippen LogP contribution in [0.4, 0.5) is 5.69 Å². The number of fused-ring (bicyclic) bond motifs is 1. The lowest BCUT2D eigenvalue weighted by Crippen LogP contribution is -2.24. The van der Waals surface area contributed by atoms with E-state index in [0.717, 1.165) is 10.9 Å². The molecule has 0 bridgehead atoms. The molecule has 5 nitrogen and oxygen atoms in total. The summed E-state index contributed by atoms with van der Waals surface area (Å²) in [4.78, 5) is 24.7. The molecule has 1 N–H and O–H groups in total. The molecule has 0 spiro atoms. The zero-order chi connectivity index (χ0) is 16.4. The van der Waals surface area contributed by atoms with Gasteiger partial charge in [0, 0.05) is 18.0 Å². The highest BCUT2D eigenvalue weighted by Gasteiger charge is 2.11. The molecule has 0 aliphatic carbocycles. The Labute approximate surface area is 133 Å². The largest absolute Gasteiger partial charge is 0.497 e. The van der Waals surface area contributed by atoms with Crippen LogP contribution in [0.25, 0.3) is 10.9 Å². The predicted octanol–water partition coefficient (Wildman–Crippen LogP) is 2.80. The van der Waals surface area contributed by atoms with Crippen molar-refractivity contribution in [2.75, 3.05) is 12.4 Å². The van der Waals surface area contributed by atoms with E-state index in [9.17, 15) is 9.59 Å². The Morgan fingerprint density at radius 2 is 1.83 bits per heavy atom. The first-order valence-electron chi connectivity index (χ1n) is 7.14. The van der Waals surface area contributed by atoms with Crippen LogP contribution in [0.3, 0.4) is 0 Å². The molecule has 0 fully saturated rings. The van der Waals surface area contributed by atoms with E-state index in [0.29, 0.717) is 11.3 Å². The minimum Gasteiger partial charge on any atom is -0.497 e. The number of methoxy groups -OCH3 is 1. The van der Waals surface area contributed by atoms with Crippen LogP contribution >= 0.6 is 0 Å². The SMILES string of the molecule is COc1ccc2c(c1)cc(NC(=O)c1ccccc1)c(=O)n2C. The van der Waals surface area contributed by atoms with Gasteiger partial charge in [0.2, 0.25) is 0 Å². The van der Waals surface area contributed by atoms with Crippen molar-refractivity contribution < 1.29 is 9.53 Å². The highest BCUT2D eigenvalue weighted by atomic mass is 16.5. The monoisotopic (exact) mass is 308 g/mol. The number of rotatable bonds is 3. The number of benzene rings is 2. The Morgan fingerprint density at radius 3 is 2.52 bits per heavy atom. The van der Waals surface area contributed by atoms with Crippen LogP contribution in [0.5, 0.6) is 5.75 Å². The van der Waals surface area contributed by atoms with Gasteiger partial charge in [-0.2, -0.15) is 0 Å². The molecule has 1 heterocycles. The molecule has 0 unspecified atom stereocenters. The number of pyridine rings is 1. The van der Waals surface area contributed by atoms with E-state index in [-0.39, 0.29) is 17.2 Å². The van der Waals surface area contributed by atoms with Crippen LogP contribution in [0.2, 0.25) is 0 Å². The van der Waals surface area contributed by atoms with Gasteiger partial charge in [-0.25, -0.2) is 0 Å². The Balaban J connectivity index is 2.05. The van der Waals surface area contributed by atoms with Crippen molar-refractivity contribution in [3.05, 3.63) is 70.5 Å². The van der Waals surface area contributed by atoms with Crippen molar-refractivity contribution in [2.24, 2.45) is 7.05 Å². The summed E-state index contributed by atoms with van der Waals surface area (Å²) in [6.07, 6.45) is 0. The highest BCUT2D eigenvalue weighted by Crippen LogP contribution is 2.21. The molecule has 0 saturated heterocycles. The summed E-state index contributed by atoms with van der Waals surface area (Å²) in [6, 6.07) is 15.9. The van der Waals surface area contributed by atoms with Crippen LogP contribution in [-0.4, -0.2) is 17.6 Å². The molecule has 3 aromatic rings. The molecule has 3 rings (SSSR count). The first-order valence-corrected chi connectivity index (χ1v) is 7.14. The van der Waals surface area contributed by atoms with Crippen molar-refractivity contribution in [1.29, 1.82) is 0 Å². The minimum absolute atomic E-state index is 0.238. The van der Waals surface area contributed by atoms with Gasteiger partial charge in [0.1, 0.15) is 11.4 Å². The van der Waals surface area contributed by atoms with Crippen LogP contribution in [0.1, 0.15) is 10.4 Å². The summed E-state index contributed by atoms with van der Waals surface area (Å²) in [6.45, 7) is 0. The average molecular weight is 308 g/mol. The van der Waals surface area contributed by atoms with Crippen LogP contribution < -0.4 is 15.6 Å². The summed E-state index contributed by atoms with van der Waals surface area (Å²) in [7, 11) is 3.26. The maximum absolute atomic E-state index is 12.4. The van der Waals surface area contributed by atoms with Crippen molar-refractivity contribution in [1.82, 2.24) is 4.57 Å². The Bertz CT molecular complexity index is 930. The van der Waals surface area contributed by atoms with Gasteiger partial charge in [0.25, 0.3) is 11.5 Å². The summed E-state index contributed by atoms with van der Waals surface area (Å²) >= 11 is 0. The van der Waals surface area contributed by atoms with Crippen LogP contribution in [0, 0.1) is 0 Å². The first-order chi connectivity index (χ1) is 11.1. The first kappa shape index (κ1) is 14.8. The number of amides is 1. The minimum atomic E-state index is -0.315. The maximum Gasteiger partial charge on any atom is 0.274 e. The summed E-state index contributed by atoms with van der Waals surface area (Å²) in [5, 5.41) is 3.50. The summed E-state index contributed by atoms with van der Waals surface area (Å²) in [5.41, 5.74) is 1.25. The number of hydrogen-bond acceptors (Lipinski definition) is 3. The van der Waals surface area contributed by atoms with E-state index in [1.807, 2.05) is 18.2 Å². The van der Waals surface area contributed by atoms with Gasteiger partial charge < -0.3 is 14.6 Å². The molecule has 5 heteroatoms. The second-order valence-corrected chi connectivity index (χ2v) is 5.17. The zero-order valence-corrected chi connectivity index (χ0v) is 12.9. The van der Waals surface area contributed by atoms with Gasteiger partial charge >= 0.3 is 0 Å². The molecule has 1 amide bonds. The van der Waals surface area contributed by atoms with Gasteiger partial charge in [0.15, 0.2) is 0 Å². The van der Waals surface area contributed by atoms with Gasteiger partial charge in [-0.15, -0.1) is 0 Å². The topological polar surface area (TPSA) is 60.3 Å². The molecule has 2 aromatic carbocycles. The van der Waals surface area contributed by atoms with Crippen molar-refractivity contribution in [2.45, 2.75) is 0 Å². The number of aromatic nitrogens is 1. The number of nitrogens with one attached hydrogen (secondary N) is 1. The number of carbonyl (C=O) groups excluding carboxylic acids is 1. The molecule has 0 aliphatic rings. The molecular weight excluding hydrogens is 292 g/mol. The van der Waals surface area contributed by atoms with E-state index in [4.69, 9.17) is 4.74 Å². The average Bonchev–Trinajstić information content (AvgIpc) is 2.59. The third-order valence-corrected chi connectivity index (χ3v) is 3.72. The Hall–Kier alpha value is -3.08. The lowest BCUT2D eigenvalue weighted by molar-refractivity contribution is 0.102. The number of nitrogens with zero attached hydrogens (tertiary/aromatic N) is 1. The lowest BCUT2D eigenvalue weighted by Gasteiger charge is -2.11. The lowest BCUT2D eigenvalue weighted by atomic mass is 10.1. The quantitative estimate of drug-likeness (QED) is 0.809. The van der Waals surface area contributed by atoms with Gasteiger partial charge in [-0.05, 0) is 36.4 Å².